The summed E-state index contributed by atoms with van der Waals surface area (Å²) in [5.41, 5.74) is 0.168. The maximum absolute atomic E-state index is 14.7. The molecule has 5 amide bonds. The van der Waals surface area contributed by atoms with Crippen LogP contribution in [0.3, 0.4) is 0 Å². The van der Waals surface area contributed by atoms with Crippen molar-refractivity contribution in [2.24, 2.45) is 11.3 Å². The number of amides is 5. The van der Waals surface area contributed by atoms with E-state index in [1.54, 1.807) is 12.3 Å². The molecule has 3 fully saturated rings. The molecule has 1 saturated heterocycles. The van der Waals surface area contributed by atoms with E-state index in [9.17, 15) is 28.8 Å². The maximum Gasteiger partial charge on any atom is 0.289 e. The van der Waals surface area contributed by atoms with E-state index in [-0.39, 0.29) is 37.0 Å². The predicted molar refractivity (Wildman–Crippen MR) is 198 cm³/mol. The first kappa shape index (κ1) is 40.2. The molecular weight excluding hydrogens is 692 g/mol. The Hall–Kier alpha value is -4.95. The minimum absolute atomic E-state index is 0.00104. The smallest absolute Gasteiger partial charge is 0.289 e. The molecule has 15 nitrogen and oxygen atoms in total. The summed E-state index contributed by atoms with van der Waals surface area (Å²) < 4.78 is 6.17. The van der Waals surface area contributed by atoms with Crippen molar-refractivity contribution in [3.8, 4) is 5.88 Å². The fourth-order valence-electron chi connectivity index (χ4n) is 7.08. The highest BCUT2D eigenvalue weighted by Crippen LogP contribution is 2.30. The van der Waals surface area contributed by atoms with Crippen LogP contribution in [0.2, 0.25) is 0 Å². The number of pyridine rings is 1. The Morgan fingerprint density at radius 2 is 1.67 bits per heavy atom. The predicted octanol–water partition coefficient (Wildman–Crippen LogP) is 2.57. The number of ketones is 1. The second-order valence-corrected chi connectivity index (χ2v) is 15.9. The zero-order valence-corrected chi connectivity index (χ0v) is 31.9. The summed E-state index contributed by atoms with van der Waals surface area (Å²) >= 11 is 0. The van der Waals surface area contributed by atoms with Gasteiger partial charge in [-0.15, -0.1) is 0 Å². The molecule has 3 aliphatic rings. The number of nitrogens with zero attached hydrogens (tertiary/aromatic N) is 4. The average Bonchev–Trinajstić information content (AvgIpc) is 3.88. The number of aromatic nitrogens is 3. The van der Waals surface area contributed by atoms with Crippen molar-refractivity contribution in [3.05, 3.63) is 48.2 Å². The Labute approximate surface area is 316 Å². The Balaban J connectivity index is 1.39. The van der Waals surface area contributed by atoms with Gasteiger partial charge in [-0.25, -0.2) is 9.97 Å². The third kappa shape index (κ3) is 10.6. The summed E-state index contributed by atoms with van der Waals surface area (Å²) in [6.45, 7) is 9.18. The van der Waals surface area contributed by atoms with Gasteiger partial charge in [0.15, 0.2) is 0 Å². The number of carbonyl (C=O) groups is 6. The Morgan fingerprint density at radius 3 is 2.28 bits per heavy atom. The van der Waals surface area contributed by atoms with E-state index in [1.165, 1.54) is 23.5 Å². The topological polar surface area (TPSA) is 202 Å². The number of ether oxygens (including phenoxy) is 1. The highest BCUT2D eigenvalue weighted by molar-refractivity contribution is 6.38. The van der Waals surface area contributed by atoms with E-state index in [1.807, 2.05) is 40.7 Å². The molecule has 2 aromatic heterocycles. The molecule has 5 rings (SSSR count). The van der Waals surface area contributed by atoms with Crippen LogP contribution in [0.5, 0.6) is 5.88 Å². The van der Waals surface area contributed by atoms with Crippen molar-refractivity contribution in [3.63, 3.8) is 0 Å². The average molecular weight is 747 g/mol. The summed E-state index contributed by atoms with van der Waals surface area (Å²) in [4.78, 5) is 96.0. The highest BCUT2D eigenvalue weighted by Gasteiger charge is 2.47. The SMILES string of the molecule is CCCC(NC(=O)[C@@H]1C[C@@H](Oc2ccc(C)cn2)CN1C(=O)[C@@H](NC(=O)[C@@H](NC(=O)c1cnccn1)C1CCCCC1)C(C)(C)C)C(=O)C(=O)NC1CC1. The van der Waals surface area contributed by atoms with Crippen LogP contribution in [0, 0.1) is 18.3 Å². The van der Waals surface area contributed by atoms with Gasteiger partial charge in [-0.1, -0.05) is 59.4 Å². The molecular formula is C39H54N8O7. The number of rotatable bonds is 15. The monoisotopic (exact) mass is 746 g/mol. The largest absolute Gasteiger partial charge is 0.472 e. The molecule has 2 aliphatic carbocycles. The molecule has 0 spiro atoms. The maximum atomic E-state index is 14.7. The molecule has 5 atom stereocenters. The lowest BCUT2D eigenvalue weighted by atomic mass is 9.82. The normalized spacial score (nSPS) is 20.6. The molecule has 2 aromatic rings. The van der Waals surface area contributed by atoms with E-state index >= 15 is 0 Å². The number of Topliss-reactive ketones (excluding diaryl/α,β-unsaturated/α-hetero) is 1. The number of aryl methyl sites for hydroxylation is 1. The lowest BCUT2D eigenvalue weighted by Crippen LogP contribution is -2.62. The first-order valence-corrected chi connectivity index (χ1v) is 19.2. The van der Waals surface area contributed by atoms with Gasteiger partial charge < -0.3 is 30.9 Å². The van der Waals surface area contributed by atoms with Gasteiger partial charge in [0.1, 0.15) is 29.9 Å². The van der Waals surface area contributed by atoms with Crippen molar-refractivity contribution in [1.82, 2.24) is 41.1 Å². The van der Waals surface area contributed by atoms with Gasteiger partial charge in [0.05, 0.1) is 18.8 Å². The first-order valence-electron chi connectivity index (χ1n) is 19.2. The fourth-order valence-corrected chi connectivity index (χ4v) is 7.08. The number of nitrogens with one attached hydrogen (secondary N) is 4. The Morgan fingerprint density at radius 1 is 0.926 bits per heavy atom. The molecule has 15 heteroatoms. The zero-order valence-electron chi connectivity index (χ0n) is 31.9. The van der Waals surface area contributed by atoms with Crippen molar-refractivity contribution < 1.29 is 33.5 Å². The molecule has 54 heavy (non-hydrogen) atoms. The molecule has 0 bridgehead atoms. The van der Waals surface area contributed by atoms with Gasteiger partial charge in [0, 0.05) is 37.1 Å². The van der Waals surface area contributed by atoms with Gasteiger partial charge in [0.25, 0.3) is 11.8 Å². The van der Waals surface area contributed by atoms with Crippen LogP contribution in [0.4, 0.5) is 0 Å². The minimum atomic E-state index is -1.12. The second kappa shape index (κ2) is 17.9. The van der Waals surface area contributed by atoms with Gasteiger partial charge in [0.2, 0.25) is 29.4 Å². The van der Waals surface area contributed by atoms with Crippen LogP contribution in [0.1, 0.15) is 108 Å². The van der Waals surface area contributed by atoms with Crippen LogP contribution in [0.25, 0.3) is 0 Å². The molecule has 0 radical (unpaired) electrons. The molecule has 292 valence electrons. The minimum Gasteiger partial charge on any atom is -0.472 e. The number of hydrogen-bond acceptors (Lipinski definition) is 10. The van der Waals surface area contributed by atoms with E-state index in [0.717, 1.165) is 50.5 Å². The van der Waals surface area contributed by atoms with Gasteiger partial charge in [-0.05, 0) is 55.9 Å². The lowest BCUT2D eigenvalue weighted by Gasteiger charge is -2.37. The van der Waals surface area contributed by atoms with Crippen LogP contribution >= 0.6 is 0 Å². The summed E-state index contributed by atoms with van der Waals surface area (Å²) in [7, 11) is 0. The van der Waals surface area contributed by atoms with E-state index < -0.39 is 71.0 Å². The van der Waals surface area contributed by atoms with E-state index in [0.29, 0.717) is 12.3 Å². The summed E-state index contributed by atoms with van der Waals surface area (Å²) in [6, 6.07) is -0.701. The lowest BCUT2D eigenvalue weighted by molar-refractivity contribution is -0.145. The molecule has 1 aliphatic heterocycles. The van der Waals surface area contributed by atoms with Crippen molar-refractivity contribution in [1.29, 1.82) is 0 Å². The second-order valence-electron chi connectivity index (χ2n) is 15.9. The molecule has 3 heterocycles. The van der Waals surface area contributed by atoms with Crippen molar-refractivity contribution in [2.75, 3.05) is 6.54 Å². The van der Waals surface area contributed by atoms with Crippen LogP contribution in [-0.2, 0) is 24.0 Å². The van der Waals surface area contributed by atoms with Gasteiger partial charge >= 0.3 is 0 Å². The fraction of sp³-hybridized carbons (Fsp3) is 0.615. The number of hydrogen-bond donors (Lipinski definition) is 4. The third-order valence-corrected chi connectivity index (χ3v) is 10.3. The summed E-state index contributed by atoms with van der Waals surface area (Å²) in [6.07, 6.45) is 11.9. The standard InChI is InChI=1S/C39H54N8O7/c1-6-10-27(32(48)37(52)43-25-14-15-25)44-35(50)29-19-26(54-30-16-13-23(2)20-42-30)22-47(29)38(53)33(39(3,4)5)46-36(51)31(24-11-8-7-9-12-24)45-34(49)28-21-40-17-18-41-28/h13,16-18,20-21,24-27,29,31,33H,6-12,14-15,19,22H2,1-5H3,(H,43,52)(H,44,50)(H,45,49)(H,46,51)/t26-,27?,29+,31+,33-/m1/s1. The Bertz CT molecular complexity index is 1650. The molecule has 4 N–H and O–H groups in total. The third-order valence-electron chi connectivity index (χ3n) is 10.3. The Kier molecular flexibility index (Phi) is 13.4. The van der Waals surface area contributed by atoms with Gasteiger partial charge in [-0.2, -0.15) is 0 Å². The summed E-state index contributed by atoms with van der Waals surface area (Å²) in [5, 5.41) is 11.3. The van der Waals surface area contributed by atoms with Crippen LogP contribution in [0.15, 0.2) is 36.9 Å². The quantitative estimate of drug-likeness (QED) is 0.196. The first-order chi connectivity index (χ1) is 25.7. The number of likely N-dealkylation sites (tertiary alicyclic amines) is 1. The molecule has 1 unspecified atom stereocenters. The highest BCUT2D eigenvalue weighted by atomic mass is 16.5. The van der Waals surface area contributed by atoms with Crippen molar-refractivity contribution in [2.45, 2.75) is 135 Å². The summed E-state index contributed by atoms with van der Waals surface area (Å²) in [5.74, 6) is -3.50. The van der Waals surface area contributed by atoms with E-state index in [4.69, 9.17) is 4.74 Å². The van der Waals surface area contributed by atoms with Gasteiger partial charge in [-0.3, -0.25) is 33.8 Å². The van der Waals surface area contributed by atoms with E-state index in [2.05, 4.69) is 36.2 Å². The van der Waals surface area contributed by atoms with Crippen LogP contribution < -0.4 is 26.0 Å². The molecule has 2 saturated carbocycles. The van der Waals surface area contributed by atoms with Crippen LogP contribution in [-0.4, -0.2) is 98.0 Å². The zero-order chi connectivity index (χ0) is 39.0. The number of carbonyl (C=O) groups excluding carboxylic acids is 6. The molecule has 0 aromatic carbocycles. The van der Waals surface area contributed by atoms with Crippen molar-refractivity contribution >= 4 is 35.3 Å².